The molecule has 0 spiro atoms. The summed E-state index contributed by atoms with van der Waals surface area (Å²) >= 11 is 6.25. The molecule has 8 heteroatoms. The van der Waals surface area contributed by atoms with E-state index in [1.807, 2.05) is 48.5 Å². The number of hydrogen-bond acceptors (Lipinski definition) is 6. The minimum Gasteiger partial charge on any atom is -0.497 e. The number of ether oxygens (including phenoxy) is 3. The monoisotopic (exact) mass is 569 g/mol. The van der Waals surface area contributed by atoms with Gasteiger partial charge in [0.1, 0.15) is 11.5 Å². The zero-order chi connectivity index (χ0) is 28.8. The maximum Gasteiger partial charge on any atom is 0.339 e. The first kappa shape index (κ1) is 26.8. The minimum absolute atomic E-state index is 0.117. The van der Waals surface area contributed by atoms with Crippen molar-refractivity contribution in [2.75, 3.05) is 25.7 Å². The van der Waals surface area contributed by atoms with Gasteiger partial charge >= 0.3 is 5.97 Å². The van der Waals surface area contributed by atoms with Gasteiger partial charge in [0, 0.05) is 11.8 Å². The van der Waals surface area contributed by atoms with Gasteiger partial charge in [0.2, 0.25) is 11.8 Å². The average molecular weight is 570 g/mol. The first-order valence-corrected chi connectivity index (χ1v) is 13.8. The van der Waals surface area contributed by atoms with E-state index in [0.717, 1.165) is 33.8 Å². The van der Waals surface area contributed by atoms with Crippen LogP contribution in [0.4, 0.5) is 5.69 Å². The van der Waals surface area contributed by atoms with Crippen molar-refractivity contribution in [3.8, 4) is 11.5 Å². The van der Waals surface area contributed by atoms with Crippen molar-refractivity contribution >= 4 is 40.6 Å². The molecular weight excluding hydrogens is 542 g/mol. The van der Waals surface area contributed by atoms with Crippen molar-refractivity contribution in [1.82, 2.24) is 0 Å². The van der Waals surface area contributed by atoms with Crippen LogP contribution in [0.1, 0.15) is 28.4 Å². The Balaban J connectivity index is 1.43. The van der Waals surface area contributed by atoms with Crippen molar-refractivity contribution in [1.29, 1.82) is 0 Å². The maximum atomic E-state index is 14.0. The van der Waals surface area contributed by atoms with Gasteiger partial charge in [-0.1, -0.05) is 48.0 Å². The van der Waals surface area contributed by atoms with Crippen LogP contribution in [0.25, 0.3) is 5.57 Å². The molecule has 0 aromatic heterocycles. The molecule has 1 heterocycles. The lowest BCUT2D eigenvalue weighted by atomic mass is 9.85. The minimum atomic E-state index is -0.603. The largest absolute Gasteiger partial charge is 0.497 e. The fourth-order valence-electron chi connectivity index (χ4n) is 6.38. The molecule has 7 nitrogen and oxygen atoms in total. The zero-order valence-electron chi connectivity index (χ0n) is 22.8. The maximum absolute atomic E-state index is 14.0. The van der Waals surface area contributed by atoms with Crippen molar-refractivity contribution in [2.24, 2.45) is 23.7 Å². The predicted molar refractivity (Wildman–Crippen MR) is 155 cm³/mol. The summed E-state index contributed by atoms with van der Waals surface area (Å²) in [6.45, 7) is 1.88. The van der Waals surface area contributed by atoms with Crippen LogP contribution in [0.2, 0.25) is 5.02 Å². The third-order valence-corrected chi connectivity index (χ3v) is 8.49. The van der Waals surface area contributed by atoms with Gasteiger partial charge in [0.25, 0.3) is 0 Å². The van der Waals surface area contributed by atoms with Crippen LogP contribution in [0.15, 0.2) is 84.5 Å². The summed E-state index contributed by atoms with van der Waals surface area (Å²) in [4.78, 5) is 41.6. The Morgan fingerprint density at radius 3 is 1.78 bits per heavy atom. The van der Waals surface area contributed by atoms with E-state index in [9.17, 15) is 14.4 Å². The second-order valence-electron chi connectivity index (χ2n) is 10.2. The summed E-state index contributed by atoms with van der Waals surface area (Å²) in [6, 6.07) is 20.2. The van der Waals surface area contributed by atoms with Gasteiger partial charge in [-0.15, -0.1) is 0 Å². The van der Waals surface area contributed by atoms with Crippen LogP contribution in [0.3, 0.4) is 0 Å². The van der Waals surface area contributed by atoms with Gasteiger partial charge in [-0.05, 0) is 71.7 Å². The van der Waals surface area contributed by atoms with Gasteiger partial charge in [-0.25, -0.2) is 9.69 Å². The number of carbonyl (C=O) groups excluding carboxylic acids is 3. The molecule has 2 aliphatic carbocycles. The van der Waals surface area contributed by atoms with Gasteiger partial charge in [-0.2, -0.15) is 0 Å². The predicted octanol–water partition coefficient (Wildman–Crippen LogP) is 5.96. The summed E-state index contributed by atoms with van der Waals surface area (Å²) in [6.07, 6.45) is 4.10. The lowest BCUT2D eigenvalue weighted by Gasteiger charge is -2.22. The second kappa shape index (κ2) is 10.6. The van der Waals surface area contributed by atoms with Crippen molar-refractivity contribution in [2.45, 2.75) is 6.92 Å². The van der Waals surface area contributed by atoms with Crippen LogP contribution in [-0.2, 0) is 14.3 Å². The Bertz CT molecular complexity index is 1520. The van der Waals surface area contributed by atoms with Gasteiger partial charge < -0.3 is 14.2 Å². The van der Waals surface area contributed by atoms with E-state index in [-0.39, 0.29) is 40.8 Å². The van der Waals surface area contributed by atoms with Crippen molar-refractivity contribution < 1.29 is 28.6 Å². The van der Waals surface area contributed by atoms with Gasteiger partial charge in [0.15, 0.2) is 0 Å². The highest BCUT2D eigenvalue weighted by Gasteiger charge is 2.62. The number of anilines is 1. The van der Waals surface area contributed by atoms with Crippen LogP contribution >= 0.6 is 11.6 Å². The van der Waals surface area contributed by atoms with E-state index in [4.69, 9.17) is 25.8 Å². The van der Waals surface area contributed by atoms with E-state index < -0.39 is 17.8 Å². The van der Waals surface area contributed by atoms with Gasteiger partial charge in [0.05, 0.1) is 48.9 Å². The zero-order valence-corrected chi connectivity index (χ0v) is 23.6. The number of rotatable bonds is 7. The fraction of sp³-hybridized carbons (Fsp3) is 0.242. The number of carbonyl (C=O) groups is 3. The molecule has 3 aromatic rings. The van der Waals surface area contributed by atoms with Crippen LogP contribution < -0.4 is 14.4 Å². The first-order valence-electron chi connectivity index (χ1n) is 13.4. The third-order valence-electron chi connectivity index (χ3n) is 8.17. The fourth-order valence-corrected chi connectivity index (χ4v) is 6.58. The molecule has 3 aromatic carbocycles. The molecule has 3 aliphatic rings. The number of imide groups is 1. The lowest BCUT2D eigenvalue weighted by Crippen LogP contribution is -2.33. The van der Waals surface area contributed by atoms with Crippen LogP contribution in [-0.4, -0.2) is 38.6 Å². The molecule has 208 valence electrons. The molecule has 1 aliphatic heterocycles. The normalized spacial score (nSPS) is 22.2. The summed E-state index contributed by atoms with van der Waals surface area (Å²) in [7, 11) is 3.25. The molecule has 0 N–H and O–H groups in total. The van der Waals surface area contributed by atoms with E-state index in [2.05, 4.69) is 12.2 Å². The molecular formula is C33H28ClNO6. The molecule has 4 atom stereocenters. The number of nitrogens with zero attached hydrogens (tertiary/aromatic N) is 1. The standard InChI is InChI=1S/C33H28ClNO6/c1-4-41-33(38)25-17-20(9-16-26(25)34)35-31(36)29-23-14-15-24(30(29)32(35)37)28(23)27(18-5-10-21(39-2)11-6-18)19-7-12-22(40-3)13-8-19/h5-17,23-24,29-30H,4H2,1-3H3/t23-,24-,29-,30+/m0/s1. The molecule has 0 unspecified atom stereocenters. The van der Waals surface area contributed by atoms with E-state index in [1.54, 1.807) is 27.2 Å². The number of methoxy groups -OCH3 is 2. The molecule has 1 saturated carbocycles. The summed E-state index contributed by atoms with van der Waals surface area (Å²) < 4.78 is 15.9. The summed E-state index contributed by atoms with van der Waals surface area (Å²) in [5, 5.41) is 0.196. The number of esters is 1. The molecule has 1 saturated heterocycles. The third kappa shape index (κ3) is 4.32. The van der Waals surface area contributed by atoms with Gasteiger partial charge in [-0.3, -0.25) is 9.59 Å². The molecule has 2 fully saturated rings. The Morgan fingerprint density at radius 1 is 0.805 bits per heavy atom. The molecule has 41 heavy (non-hydrogen) atoms. The number of halogens is 1. The quantitative estimate of drug-likeness (QED) is 0.198. The van der Waals surface area contributed by atoms with Crippen LogP contribution in [0, 0.1) is 23.7 Å². The molecule has 2 bridgehead atoms. The highest BCUT2D eigenvalue weighted by molar-refractivity contribution is 6.34. The Kier molecular flexibility index (Phi) is 6.91. The highest BCUT2D eigenvalue weighted by atomic mass is 35.5. The Labute approximate surface area is 243 Å². The van der Waals surface area contributed by atoms with E-state index in [0.29, 0.717) is 5.69 Å². The molecule has 6 rings (SSSR count). The van der Waals surface area contributed by atoms with E-state index in [1.165, 1.54) is 17.0 Å². The smallest absolute Gasteiger partial charge is 0.339 e. The summed E-state index contributed by atoms with van der Waals surface area (Å²) in [5.74, 6) is -1.27. The highest BCUT2D eigenvalue weighted by Crippen LogP contribution is 2.59. The number of hydrogen-bond donors (Lipinski definition) is 0. The Hall–Kier alpha value is -4.36. The van der Waals surface area contributed by atoms with E-state index >= 15 is 0 Å². The second-order valence-corrected chi connectivity index (χ2v) is 10.6. The topological polar surface area (TPSA) is 82.1 Å². The Morgan fingerprint density at radius 2 is 1.32 bits per heavy atom. The lowest BCUT2D eigenvalue weighted by molar-refractivity contribution is -0.122. The van der Waals surface area contributed by atoms with Crippen molar-refractivity contribution in [3.63, 3.8) is 0 Å². The summed E-state index contributed by atoms with van der Waals surface area (Å²) in [5.41, 5.74) is 4.42. The average Bonchev–Trinajstić information content (AvgIpc) is 3.63. The number of amides is 2. The SMILES string of the molecule is CCOC(=O)c1cc(N2C(=O)[C@@H]3[C@H](C2=O)[C@H]2C=C[C@H]3C2=C(c2ccc(OC)cc2)c2ccc(OC)cc2)ccc1Cl. The number of benzene rings is 3. The molecule has 2 amide bonds. The number of allylic oxidation sites excluding steroid dienone is 3. The molecule has 0 radical (unpaired) electrons. The van der Waals surface area contributed by atoms with Crippen LogP contribution in [0.5, 0.6) is 11.5 Å². The first-order chi connectivity index (χ1) is 19.9. The van der Waals surface area contributed by atoms with Crippen molar-refractivity contribution in [3.05, 3.63) is 106 Å². The number of fused-ring (bicyclic) bond motifs is 5.